The summed E-state index contributed by atoms with van der Waals surface area (Å²) in [5, 5.41) is 10.3. The van der Waals surface area contributed by atoms with E-state index in [1.165, 1.54) is 0 Å². The Bertz CT molecular complexity index is 1230. The number of aryl methyl sites for hydroxylation is 1. The smallest absolute Gasteiger partial charge is 0.247 e. The number of hydrogen-bond acceptors (Lipinski definition) is 6. The standard InChI is InChI=1S/C28H32N4O4/c1-19-17-26(23-9-5-6-10-25(23)29-19)36-21-11-12-22(24(18-21)27(33)30-35)28(34)32-15-13-31(14-16-32)20-7-3-2-4-8-20/h2-10,17,21-22,24,35H,11-16,18H2,1H3,(H,30,33)/t21-,22+,24+/m1/s1. The average Bonchev–Trinajstić information content (AvgIpc) is 2.92. The largest absolute Gasteiger partial charge is 0.490 e. The van der Waals surface area contributed by atoms with Crippen LogP contribution in [0.15, 0.2) is 60.7 Å². The second kappa shape index (κ2) is 10.5. The molecule has 2 fully saturated rings. The molecule has 188 valence electrons. The summed E-state index contributed by atoms with van der Waals surface area (Å²) >= 11 is 0. The molecule has 1 aliphatic heterocycles. The van der Waals surface area contributed by atoms with Crippen LogP contribution in [-0.2, 0) is 9.59 Å². The maximum atomic E-state index is 13.5. The van der Waals surface area contributed by atoms with Crippen LogP contribution in [0.5, 0.6) is 5.75 Å². The Kier molecular flexibility index (Phi) is 7.04. The second-order valence-corrected chi connectivity index (χ2v) is 9.67. The van der Waals surface area contributed by atoms with Crippen molar-refractivity contribution in [3.63, 3.8) is 0 Å². The molecule has 36 heavy (non-hydrogen) atoms. The van der Waals surface area contributed by atoms with Crippen molar-refractivity contribution in [3.05, 3.63) is 66.4 Å². The molecule has 8 nitrogen and oxygen atoms in total. The molecule has 3 atom stereocenters. The van der Waals surface area contributed by atoms with Crippen LogP contribution < -0.4 is 15.1 Å². The van der Waals surface area contributed by atoms with Crippen molar-refractivity contribution in [1.29, 1.82) is 0 Å². The molecule has 2 N–H and O–H groups in total. The van der Waals surface area contributed by atoms with Crippen LogP contribution in [0.2, 0.25) is 0 Å². The van der Waals surface area contributed by atoms with Crippen LogP contribution in [0.3, 0.4) is 0 Å². The zero-order valence-corrected chi connectivity index (χ0v) is 20.5. The lowest BCUT2D eigenvalue weighted by molar-refractivity contribution is -0.148. The van der Waals surface area contributed by atoms with Gasteiger partial charge in [-0.05, 0) is 50.5 Å². The summed E-state index contributed by atoms with van der Waals surface area (Å²) in [6, 6.07) is 19.9. The number of pyridine rings is 1. The number of amides is 2. The minimum atomic E-state index is -0.650. The van der Waals surface area contributed by atoms with Crippen molar-refractivity contribution in [1.82, 2.24) is 15.4 Å². The van der Waals surface area contributed by atoms with Gasteiger partial charge in [-0.15, -0.1) is 0 Å². The number of aromatic nitrogens is 1. The fourth-order valence-electron chi connectivity index (χ4n) is 5.51. The van der Waals surface area contributed by atoms with Gasteiger partial charge in [0, 0.05) is 49.0 Å². The Balaban J connectivity index is 1.27. The zero-order chi connectivity index (χ0) is 25.1. The minimum absolute atomic E-state index is 0.0139. The first-order chi connectivity index (χ1) is 17.5. The van der Waals surface area contributed by atoms with Crippen molar-refractivity contribution >= 4 is 28.4 Å². The van der Waals surface area contributed by atoms with Gasteiger partial charge in [0.15, 0.2) is 0 Å². The van der Waals surface area contributed by atoms with E-state index in [1.54, 1.807) is 5.48 Å². The molecule has 2 amide bonds. The van der Waals surface area contributed by atoms with Crippen LogP contribution in [0.1, 0.15) is 25.0 Å². The quantitative estimate of drug-likeness (QED) is 0.421. The van der Waals surface area contributed by atoms with Crippen molar-refractivity contribution in [2.24, 2.45) is 11.8 Å². The number of fused-ring (bicyclic) bond motifs is 1. The zero-order valence-electron chi connectivity index (χ0n) is 20.5. The number of nitrogens with one attached hydrogen (secondary N) is 1. The Morgan fingerprint density at radius 1 is 0.972 bits per heavy atom. The third-order valence-electron chi connectivity index (χ3n) is 7.38. The lowest BCUT2D eigenvalue weighted by Gasteiger charge is -2.40. The van der Waals surface area contributed by atoms with Crippen LogP contribution in [0, 0.1) is 18.8 Å². The van der Waals surface area contributed by atoms with E-state index in [0.29, 0.717) is 32.4 Å². The number of nitrogens with zero attached hydrogens (tertiary/aromatic N) is 3. The molecule has 5 rings (SSSR count). The Morgan fingerprint density at radius 2 is 1.69 bits per heavy atom. The highest BCUT2D eigenvalue weighted by atomic mass is 16.5. The van der Waals surface area contributed by atoms with Gasteiger partial charge in [-0.25, -0.2) is 5.48 Å². The number of anilines is 1. The SMILES string of the molecule is Cc1cc(O[C@@H]2CC[C@H](C(=O)N3CCN(c4ccccc4)CC3)[C@@H](C(=O)NO)C2)c2ccccc2n1. The summed E-state index contributed by atoms with van der Waals surface area (Å²) in [4.78, 5) is 34.9. The van der Waals surface area contributed by atoms with Gasteiger partial charge in [0.05, 0.1) is 23.5 Å². The first kappa shape index (κ1) is 24.1. The maximum Gasteiger partial charge on any atom is 0.247 e. The fraction of sp³-hybridized carbons (Fsp3) is 0.393. The van der Waals surface area contributed by atoms with Crippen molar-refractivity contribution in [3.8, 4) is 5.75 Å². The minimum Gasteiger partial charge on any atom is -0.490 e. The molecule has 2 aromatic carbocycles. The monoisotopic (exact) mass is 488 g/mol. The molecule has 8 heteroatoms. The number of rotatable bonds is 5. The summed E-state index contributed by atoms with van der Waals surface area (Å²) in [6.07, 6.45) is 1.31. The topological polar surface area (TPSA) is 95.0 Å². The summed E-state index contributed by atoms with van der Waals surface area (Å²) in [7, 11) is 0. The predicted molar refractivity (Wildman–Crippen MR) is 137 cm³/mol. The van der Waals surface area contributed by atoms with Gasteiger partial charge >= 0.3 is 0 Å². The lowest BCUT2D eigenvalue weighted by atomic mass is 9.76. The Labute approximate surface area is 210 Å². The normalized spacial score (nSPS) is 22.3. The van der Waals surface area contributed by atoms with E-state index < -0.39 is 17.7 Å². The number of para-hydroxylation sites is 2. The van der Waals surface area contributed by atoms with E-state index in [2.05, 4.69) is 22.0 Å². The molecule has 1 aliphatic carbocycles. The van der Waals surface area contributed by atoms with Gasteiger partial charge in [-0.3, -0.25) is 19.8 Å². The highest BCUT2D eigenvalue weighted by Gasteiger charge is 2.42. The van der Waals surface area contributed by atoms with E-state index >= 15 is 0 Å². The van der Waals surface area contributed by atoms with Gasteiger partial charge in [-0.2, -0.15) is 0 Å². The molecule has 1 saturated carbocycles. The molecule has 0 unspecified atom stereocenters. The second-order valence-electron chi connectivity index (χ2n) is 9.67. The molecular weight excluding hydrogens is 456 g/mol. The highest BCUT2D eigenvalue weighted by molar-refractivity contribution is 5.88. The van der Waals surface area contributed by atoms with Crippen LogP contribution >= 0.6 is 0 Å². The highest BCUT2D eigenvalue weighted by Crippen LogP contribution is 2.36. The number of hydroxylamine groups is 1. The van der Waals surface area contributed by atoms with Gasteiger partial charge in [0.2, 0.25) is 11.8 Å². The molecular formula is C28H32N4O4. The number of carbonyl (C=O) groups is 2. The molecule has 0 radical (unpaired) electrons. The van der Waals surface area contributed by atoms with Crippen molar-refractivity contribution in [2.45, 2.75) is 32.3 Å². The summed E-state index contributed by atoms with van der Waals surface area (Å²) in [5.41, 5.74) is 4.65. The predicted octanol–water partition coefficient (Wildman–Crippen LogP) is 3.56. The number of carbonyl (C=O) groups excluding carboxylic acids is 2. The average molecular weight is 489 g/mol. The third kappa shape index (κ3) is 4.99. The molecule has 1 saturated heterocycles. The van der Waals surface area contributed by atoms with E-state index in [9.17, 15) is 14.8 Å². The van der Waals surface area contributed by atoms with Crippen LogP contribution in [0.4, 0.5) is 5.69 Å². The summed E-state index contributed by atoms with van der Waals surface area (Å²) in [5.74, 6) is -0.938. The molecule has 1 aromatic heterocycles. The Morgan fingerprint density at radius 3 is 2.44 bits per heavy atom. The van der Waals surface area contributed by atoms with Crippen LogP contribution in [0.25, 0.3) is 10.9 Å². The van der Waals surface area contributed by atoms with Crippen molar-refractivity contribution in [2.75, 3.05) is 31.1 Å². The molecule has 2 heterocycles. The molecule has 3 aromatic rings. The summed E-state index contributed by atoms with van der Waals surface area (Å²) in [6.45, 7) is 4.65. The molecule has 0 bridgehead atoms. The first-order valence-electron chi connectivity index (χ1n) is 12.6. The summed E-state index contributed by atoms with van der Waals surface area (Å²) < 4.78 is 6.38. The van der Waals surface area contributed by atoms with E-state index in [4.69, 9.17) is 4.74 Å². The lowest BCUT2D eigenvalue weighted by Crippen LogP contribution is -2.53. The first-order valence-corrected chi connectivity index (χ1v) is 12.6. The van der Waals surface area contributed by atoms with E-state index in [1.807, 2.05) is 60.4 Å². The van der Waals surface area contributed by atoms with E-state index in [-0.39, 0.29) is 12.0 Å². The Hall–Kier alpha value is -3.65. The van der Waals surface area contributed by atoms with Gasteiger partial charge in [0.1, 0.15) is 5.75 Å². The number of hydrogen-bond donors (Lipinski definition) is 2. The number of ether oxygens (including phenoxy) is 1. The van der Waals surface area contributed by atoms with Crippen molar-refractivity contribution < 1.29 is 19.5 Å². The molecule has 2 aliphatic rings. The number of piperazine rings is 1. The number of benzene rings is 2. The fourth-order valence-corrected chi connectivity index (χ4v) is 5.51. The molecule has 0 spiro atoms. The van der Waals surface area contributed by atoms with Crippen LogP contribution in [-0.4, -0.2) is 59.2 Å². The third-order valence-corrected chi connectivity index (χ3v) is 7.38. The van der Waals surface area contributed by atoms with Gasteiger partial charge < -0.3 is 14.5 Å². The van der Waals surface area contributed by atoms with E-state index in [0.717, 1.165) is 41.1 Å². The van der Waals surface area contributed by atoms with Gasteiger partial charge in [0.25, 0.3) is 0 Å². The van der Waals surface area contributed by atoms with Gasteiger partial charge in [-0.1, -0.05) is 30.3 Å². The maximum absolute atomic E-state index is 13.5.